The zero-order valence-corrected chi connectivity index (χ0v) is 11.2. The Bertz CT molecular complexity index is 822. The molecule has 0 saturated carbocycles. The van der Waals surface area contributed by atoms with Gasteiger partial charge in [0.25, 0.3) is 5.91 Å². The Hall–Kier alpha value is -2.76. The molecule has 0 atom stereocenters. The van der Waals surface area contributed by atoms with Crippen LogP contribution in [0.3, 0.4) is 0 Å². The molecule has 112 valence electrons. The molecule has 0 bridgehead atoms. The molecule has 1 heterocycles. The van der Waals surface area contributed by atoms with E-state index >= 15 is 0 Å². The number of anilines is 1. The first-order valence-electron chi connectivity index (χ1n) is 6.50. The van der Waals surface area contributed by atoms with Crippen molar-refractivity contribution < 1.29 is 18.0 Å². The van der Waals surface area contributed by atoms with Crippen molar-refractivity contribution in [1.29, 1.82) is 0 Å². The summed E-state index contributed by atoms with van der Waals surface area (Å²) in [4.78, 5) is 14.3. The number of nitrogens with one attached hydrogen (secondary N) is 2. The average Bonchev–Trinajstić information content (AvgIpc) is 2.91. The van der Waals surface area contributed by atoms with Gasteiger partial charge in [-0.2, -0.15) is 13.2 Å². The zero-order valence-electron chi connectivity index (χ0n) is 11.2. The minimum Gasteiger partial charge on any atom is -0.351 e. The SMILES string of the molecule is O=C(Nc1ccc2[nH]c(C(F)(F)F)cc2c1)c1ccccc1. The van der Waals surface area contributed by atoms with Crippen LogP contribution in [0.1, 0.15) is 16.1 Å². The first kappa shape index (κ1) is 14.2. The van der Waals surface area contributed by atoms with E-state index in [2.05, 4.69) is 10.3 Å². The van der Waals surface area contributed by atoms with Crippen LogP contribution in [-0.2, 0) is 6.18 Å². The third-order valence-electron chi connectivity index (χ3n) is 3.22. The maximum atomic E-state index is 12.7. The highest BCUT2D eigenvalue weighted by Crippen LogP contribution is 2.31. The number of amides is 1. The van der Waals surface area contributed by atoms with Crippen LogP contribution in [0, 0.1) is 0 Å². The fourth-order valence-electron chi connectivity index (χ4n) is 2.16. The summed E-state index contributed by atoms with van der Waals surface area (Å²) in [5, 5.41) is 3.05. The smallest absolute Gasteiger partial charge is 0.351 e. The van der Waals surface area contributed by atoms with Crippen LogP contribution < -0.4 is 5.32 Å². The van der Waals surface area contributed by atoms with Crippen molar-refractivity contribution in [1.82, 2.24) is 4.98 Å². The number of benzene rings is 2. The molecule has 0 saturated heterocycles. The number of H-pyrrole nitrogens is 1. The Balaban J connectivity index is 1.88. The fourth-order valence-corrected chi connectivity index (χ4v) is 2.16. The number of aromatic nitrogens is 1. The van der Waals surface area contributed by atoms with Gasteiger partial charge in [0.2, 0.25) is 0 Å². The van der Waals surface area contributed by atoms with E-state index in [9.17, 15) is 18.0 Å². The molecule has 2 aromatic carbocycles. The molecule has 1 aromatic heterocycles. The summed E-state index contributed by atoms with van der Waals surface area (Å²) in [6.07, 6.45) is -4.42. The van der Waals surface area contributed by atoms with Crippen molar-refractivity contribution in [2.24, 2.45) is 0 Å². The number of alkyl halides is 3. The minimum atomic E-state index is -4.42. The van der Waals surface area contributed by atoms with Crippen molar-refractivity contribution in [2.75, 3.05) is 5.32 Å². The summed E-state index contributed by atoms with van der Waals surface area (Å²) in [6.45, 7) is 0. The van der Waals surface area contributed by atoms with E-state index in [1.165, 1.54) is 12.1 Å². The lowest BCUT2D eigenvalue weighted by Gasteiger charge is -2.05. The van der Waals surface area contributed by atoms with Gasteiger partial charge in [-0.05, 0) is 36.4 Å². The van der Waals surface area contributed by atoms with Crippen molar-refractivity contribution >= 4 is 22.5 Å². The second kappa shape index (κ2) is 5.22. The van der Waals surface area contributed by atoms with Crippen molar-refractivity contribution in [3.8, 4) is 0 Å². The van der Waals surface area contributed by atoms with E-state index in [1.807, 2.05) is 0 Å². The molecule has 0 unspecified atom stereocenters. The topological polar surface area (TPSA) is 44.9 Å². The van der Waals surface area contributed by atoms with Crippen LogP contribution in [0.25, 0.3) is 10.9 Å². The second-order valence-electron chi connectivity index (χ2n) is 4.80. The zero-order chi connectivity index (χ0) is 15.7. The van der Waals surface area contributed by atoms with Gasteiger partial charge < -0.3 is 10.3 Å². The van der Waals surface area contributed by atoms with E-state index in [4.69, 9.17) is 0 Å². The van der Waals surface area contributed by atoms with Gasteiger partial charge in [-0.25, -0.2) is 0 Å². The number of aromatic amines is 1. The number of hydrogen-bond donors (Lipinski definition) is 2. The van der Waals surface area contributed by atoms with Crippen LogP contribution in [-0.4, -0.2) is 10.9 Å². The number of hydrogen-bond acceptors (Lipinski definition) is 1. The number of rotatable bonds is 2. The first-order valence-corrected chi connectivity index (χ1v) is 6.50. The van der Waals surface area contributed by atoms with Gasteiger partial charge in [0.05, 0.1) is 0 Å². The molecule has 0 spiro atoms. The van der Waals surface area contributed by atoms with E-state index in [0.717, 1.165) is 6.07 Å². The molecule has 6 heteroatoms. The van der Waals surface area contributed by atoms with E-state index in [1.54, 1.807) is 36.4 Å². The van der Waals surface area contributed by atoms with Crippen LogP contribution in [0.15, 0.2) is 54.6 Å². The average molecular weight is 304 g/mol. The standard InChI is InChI=1S/C16H11F3N2O/c17-16(18,19)14-9-11-8-12(6-7-13(11)21-14)20-15(22)10-4-2-1-3-5-10/h1-9,21H,(H,20,22). The number of carbonyl (C=O) groups excluding carboxylic acids is 1. The molecule has 0 aliphatic rings. The van der Waals surface area contributed by atoms with Gasteiger partial charge in [0.15, 0.2) is 0 Å². The van der Waals surface area contributed by atoms with Gasteiger partial charge in [-0.3, -0.25) is 4.79 Å². The molecule has 3 nitrogen and oxygen atoms in total. The molecule has 0 fully saturated rings. The molecule has 3 rings (SSSR count). The first-order chi connectivity index (χ1) is 10.4. The monoisotopic (exact) mass is 304 g/mol. The van der Waals surface area contributed by atoms with Crippen LogP contribution >= 0.6 is 0 Å². The predicted octanol–water partition coefficient (Wildman–Crippen LogP) is 4.44. The van der Waals surface area contributed by atoms with Crippen LogP contribution in [0.4, 0.5) is 18.9 Å². The highest BCUT2D eigenvalue weighted by Gasteiger charge is 2.32. The molecular weight excluding hydrogens is 293 g/mol. The third-order valence-corrected chi connectivity index (χ3v) is 3.22. The lowest BCUT2D eigenvalue weighted by molar-refractivity contribution is -0.140. The van der Waals surface area contributed by atoms with Gasteiger partial charge in [0, 0.05) is 22.2 Å². The predicted molar refractivity (Wildman–Crippen MR) is 77.7 cm³/mol. The van der Waals surface area contributed by atoms with Crippen LogP contribution in [0.2, 0.25) is 0 Å². The van der Waals surface area contributed by atoms with Gasteiger partial charge in [-0.15, -0.1) is 0 Å². The van der Waals surface area contributed by atoms with E-state index in [0.29, 0.717) is 22.2 Å². The van der Waals surface area contributed by atoms with E-state index in [-0.39, 0.29) is 5.91 Å². The fraction of sp³-hybridized carbons (Fsp3) is 0.0625. The Morgan fingerprint density at radius 1 is 1.00 bits per heavy atom. The van der Waals surface area contributed by atoms with Gasteiger partial charge in [-0.1, -0.05) is 18.2 Å². The Morgan fingerprint density at radius 2 is 1.73 bits per heavy atom. The molecule has 2 N–H and O–H groups in total. The number of halogens is 3. The molecular formula is C16H11F3N2O. The minimum absolute atomic E-state index is 0.313. The number of carbonyl (C=O) groups is 1. The highest BCUT2D eigenvalue weighted by molar-refractivity contribution is 6.05. The summed E-state index contributed by atoms with van der Waals surface area (Å²) in [5.74, 6) is -0.313. The molecule has 3 aromatic rings. The molecule has 22 heavy (non-hydrogen) atoms. The molecule has 0 radical (unpaired) electrons. The quantitative estimate of drug-likeness (QED) is 0.722. The number of fused-ring (bicyclic) bond motifs is 1. The Labute approximate surface area is 123 Å². The van der Waals surface area contributed by atoms with Crippen molar-refractivity contribution in [2.45, 2.75) is 6.18 Å². The summed E-state index contributed by atoms with van der Waals surface area (Å²) in [6, 6.07) is 14.2. The third kappa shape index (κ3) is 2.81. The summed E-state index contributed by atoms with van der Waals surface area (Å²) in [5.41, 5.74) is 0.473. The molecule has 1 amide bonds. The van der Waals surface area contributed by atoms with Crippen LogP contribution in [0.5, 0.6) is 0 Å². The Morgan fingerprint density at radius 3 is 2.41 bits per heavy atom. The molecule has 0 aliphatic carbocycles. The Kier molecular flexibility index (Phi) is 3.36. The van der Waals surface area contributed by atoms with Crippen molar-refractivity contribution in [3.05, 3.63) is 65.9 Å². The summed E-state index contributed by atoms with van der Waals surface area (Å²) < 4.78 is 38.0. The largest absolute Gasteiger partial charge is 0.431 e. The van der Waals surface area contributed by atoms with E-state index < -0.39 is 11.9 Å². The normalized spacial score (nSPS) is 11.6. The maximum Gasteiger partial charge on any atom is 0.431 e. The molecule has 0 aliphatic heterocycles. The lowest BCUT2D eigenvalue weighted by Crippen LogP contribution is -2.11. The summed E-state index contributed by atoms with van der Waals surface area (Å²) >= 11 is 0. The van der Waals surface area contributed by atoms with Gasteiger partial charge in [0.1, 0.15) is 5.69 Å². The highest BCUT2D eigenvalue weighted by atomic mass is 19.4. The van der Waals surface area contributed by atoms with Crippen molar-refractivity contribution in [3.63, 3.8) is 0 Å². The van der Waals surface area contributed by atoms with Gasteiger partial charge >= 0.3 is 6.18 Å². The second-order valence-corrected chi connectivity index (χ2v) is 4.80. The maximum absolute atomic E-state index is 12.7. The summed E-state index contributed by atoms with van der Waals surface area (Å²) in [7, 11) is 0. The lowest BCUT2D eigenvalue weighted by atomic mass is 10.2.